The van der Waals surface area contributed by atoms with Gasteiger partial charge in [-0.05, 0) is 60.9 Å². The van der Waals surface area contributed by atoms with Crippen molar-refractivity contribution in [3.05, 3.63) is 81.7 Å². The van der Waals surface area contributed by atoms with Crippen LogP contribution in [0.2, 0.25) is 0 Å². The highest BCUT2D eigenvalue weighted by atomic mass is 32.1. The van der Waals surface area contributed by atoms with E-state index in [0.717, 1.165) is 30.4 Å². The summed E-state index contributed by atoms with van der Waals surface area (Å²) in [5, 5.41) is 3.47. The maximum absolute atomic E-state index is 12.7. The second-order valence-corrected chi connectivity index (χ2v) is 10.7. The van der Waals surface area contributed by atoms with Crippen molar-refractivity contribution in [3.8, 4) is 5.75 Å². The normalized spacial score (nSPS) is 15.3. The zero-order chi connectivity index (χ0) is 25.0. The molecule has 1 atom stereocenters. The standard InChI is InChI=1S/C29H33NO4S/c1-5-33-28(32)26-23-16-11-19(2)17-24(23)35-27(26)30-25(31)18-34-22-14-12-21(13-15-22)29(3,4)20-9-7-6-8-10-20/h6-10,12-15,19H,5,11,16-18H2,1-4H3,(H,30,31)/t19-/m0/s1. The zero-order valence-electron chi connectivity index (χ0n) is 20.9. The number of ether oxygens (including phenoxy) is 2. The third kappa shape index (κ3) is 5.59. The van der Waals surface area contributed by atoms with Crippen molar-refractivity contribution in [3.63, 3.8) is 0 Å². The minimum absolute atomic E-state index is 0.136. The van der Waals surface area contributed by atoms with Crippen LogP contribution < -0.4 is 10.1 Å². The van der Waals surface area contributed by atoms with E-state index >= 15 is 0 Å². The predicted molar refractivity (Wildman–Crippen MR) is 141 cm³/mol. The first-order valence-corrected chi connectivity index (χ1v) is 13.0. The lowest BCUT2D eigenvalue weighted by atomic mass is 9.78. The Morgan fingerprint density at radius 2 is 1.74 bits per heavy atom. The fourth-order valence-electron chi connectivity index (χ4n) is 4.56. The highest BCUT2D eigenvalue weighted by Crippen LogP contribution is 2.40. The Morgan fingerprint density at radius 3 is 2.43 bits per heavy atom. The third-order valence-corrected chi connectivity index (χ3v) is 7.86. The molecule has 184 valence electrons. The first-order valence-electron chi connectivity index (χ1n) is 12.2. The Kier molecular flexibility index (Phi) is 7.60. The van der Waals surface area contributed by atoms with E-state index in [1.807, 2.05) is 42.5 Å². The van der Waals surface area contributed by atoms with Crippen LogP contribution in [0.4, 0.5) is 5.00 Å². The van der Waals surface area contributed by atoms with Crippen molar-refractivity contribution >= 4 is 28.2 Å². The molecule has 1 N–H and O–H groups in total. The van der Waals surface area contributed by atoms with Crippen LogP contribution in [-0.2, 0) is 27.8 Å². The van der Waals surface area contributed by atoms with Gasteiger partial charge < -0.3 is 14.8 Å². The third-order valence-electron chi connectivity index (χ3n) is 6.69. The summed E-state index contributed by atoms with van der Waals surface area (Å²) in [6.45, 7) is 8.54. The fraction of sp³-hybridized carbons (Fsp3) is 0.379. The molecule has 1 aromatic heterocycles. The van der Waals surface area contributed by atoms with Crippen molar-refractivity contribution in [2.24, 2.45) is 5.92 Å². The number of nitrogens with one attached hydrogen (secondary N) is 1. The van der Waals surface area contributed by atoms with Gasteiger partial charge in [0.05, 0.1) is 12.2 Å². The average Bonchev–Trinajstić information content (AvgIpc) is 3.20. The van der Waals surface area contributed by atoms with Gasteiger partial charge in [-0.15, -0.1) is 11.3 Å². The maximum Gasteiger partial charge on any atom is 0.341 e. The van der Waals surface area contributed by atoms with Crippen molar-refractivity contribution in [2.75, 3.05) is 18.5 Å². The molecule has 3 aromatic rings. The van der Waals surface area contributed by atoms with Gasteiger partial charge in [-0.1, -0.05) is 63.2 Å². The van der Waals surface area contributed by atoms with Gasteiger partial charge in [0.15, 0.2) is 6.61 Å². The molecule has 0 saturated carbocycles. The molecule has 5 nitrogen and oxygen atoms in total. The van der Waals surface area contributed by atoms with Crippen LogP contribution in [0.5, 0.6) is 5.75 Å². The van der Waals surface area contributed by atoms with Gasteiger partial charge in [-0.2, -0.15) is 0 Å². The molecule has 0 spiro atoms. The van der Waals surface area contributed by atoms with Crippen LogP contribution in [0, 0.1) is 5.92 Å². The summed E-state index contributed by atoms with van der Waals surface area (Å²) in [5.41, 5.74) is 3.80. The summed E-state index contributed by atoms with van der Waals surface area (Å²) >= 11 is 1.48. The Morgan fingerprint density at radius 1 is 1.06 bits per heavy atom. The molecular formula is C29H33NO4S. The Hall–Kier alpha value is -3.12. The molecule has 0 fully saturated rings. The number of carbonyl (C=O) groups excluding carboxylic acids is 2. The highest BCUT2D eigenvalue weighted by Gasteiger charge is 2.29. The van der Waals surface area contributed by atoms with Gasteiger partial charge in [0.25, 0.3) is 5.91 Å². The van der Waals surface area contributed by atoms with Crippen LogP contribution in [0.1, 0.15) is 66.0 Å². The quantitative estimate of drug-likeness (QED) is 0.371. The molecule has 6 heteroatoms. The number of hydrogen-bond acceptors (Lipinski definition) is 5. The largest absolute Gasteiger partial charge is 0.484 e. The molecule has 4 rings (SSSR count). The minimum Gasteiger partial charge on any atom is -0.484 e. The van der Waals surface area contributed by atoms with Crippen LogP contribution in [0.25, 0.3) is 0 Å². The summed E-state index contributed by atoms with van der Waals surface area (Å²) in [7, 11) is 0. The maximum atomic E-state index is 12.7. The van der Waals surface area contributed by atoms with E-state index in [0.29, 0.717) is 28.8 Å². The average molecular weight is 492 g/mol. The molecule has 0 aliphatic heterocycles. The Labute approximate surface area is 211 Å². The monoisotopic (exact) mass is 491 g/mol. The van der Waals surface area contributed by atoms with E-state index in [-0.39, 0.29) is 23.9 Å². The lowest BCUT2D eigenvalue weighted by molar-refractivity contribution is -0.118. The van der Waals surface area contributed by atoms with E-state index in [9.17, 15) is 9.59 Å². The summed E-state index contributed by atoms with van der Waals surface area (Å²) < 4.78 is 11.0. The van der Waals surface area contributed by atoms with Crippen LogP contribution in [-0.4, -0.2) is 25.1 Å². The van der Waals surface area contributed by atoms with Crippen molar-refractivity contribution in [1.82, 2.24) is 0 Å². The van der Waals surface area contributed by atoms with Crippen LogP contribution in [0.15, 0.2) is 54.6 Å². The molecule has 0 unspecified atom stereocenters. The zero-order valence-corrected chi connectivity index (χ0v) is 21.7. The van der Waals surface area contributed by atoms with Gasteiger partial charge in [-0.25, -0.2) is 4.79 Å². The van der Waals surface area contributed by atoms with Crippen molar-refractivity contribution in [1.29, 1.82) is 0 Å². The van der Waals surface area contributed by atoms with Gasteiger partial charge in [-0.3, -0.25) is 4.79 Å². The van der Waals surface area contributed by atoms with Gasteiger partial charge >= 0.3 is 5.97 Å². The highest BCUT2D eigenvalue weighted by molar-refractivity contribution is 7.17. The lowest BCUT2D eigenvalue weighted by Gasteiger charge is -2.26. The van der Waals surface area contributed by atoms with Crippen molar-refractivity contribution < 1.29 is 19.1 Å². The minimum atomic E-state index is -0.368. The second-order valence-electron chi connectivity index (χ2n) is 9.63. The number of esters is 1. The van der Waals surface area contributed by atoms with E-state index in [4.69, 9.17) is 9.47 Å². The van der Waals surface area contributed by atoms with Gasteiger partial charge in [0.1, 0.15) is 10.8 Å². The topological polar surface area (TPSA) is 64.6 Å². The fourth-order valence-corrected chi connectivity index (χ4v) is 5.97. The van der Waals surface area contributed by atoms with E-state index < -0.39 is 0 Å². The van der Waals surface area contributed by atoms with E-state index in [1.165, 1.54) is 21.8 Å². The number of amides is 1. The number of fused-ring (bicyclic) bond motifs is 1. The number of thiophene rings is 1. The predicted octanol–water partition coefficient (Wildman–Crippen LogP) is 6.39. The number of anilines is 1. The number of hydrogen-bond donors (Lipinski definition) is 1. The number of benzene rings is 2. The second kappa shape index (κ2) is 10.6. The van der Waals surface area contributed by atoms with Crippen molar-refractivity contribution in [2.45, 2.75) is 52.4 Å². The van der Waals surface area contributed by atoms with E-state index in [1.54, 1.807) is 6.92 Å². The molecule has 0 saturated heterocycles. The Bertz CT molecular complexity index is 1180. The smallest absolute Gasteiger partial charge is 0.341 e. The number of carbonyl (C=O) groups is 2. The number of rotatable bonds is 8. The molecule has 1 aliphatic carbocycles. The SMILES string of the molecule is CCOC(=O)c1c(NC(=O)COc2ccc(C(C)(C)c3ccccc3)cc2)sc2c1CC[C@H](C)C2. The van der Waals surface area contributed by atoms with E-state index in [2.05, 4.69) is 38.2 Å². The summed E-state index contributed by atoms with van der Waals surface area (Å²) in [6, 6.07) is 18.2. The lowest BCUT2D eigenvalue weighted by Crippen LogP contribution is -2.22. The first kappa shape index (κ1) is 25.0. The van der Waals surface area contributed by atoms with Gasteiger partial charge in [0, 0.05) is 10.3 Å². The molecule has 35 heavy (non-hydrogen) atoms. The molecule has 0 bridgehead atoms. The summed E-state index contributed by atoms with van der Waals surface area (Å²) in [4.78, 5) is 26.5. The summed E-state index contributed by atoms with van der Waals surface area (Å²) in [6.07, 6.45) is 2.79. The van der Waals surface area contributed by atoms with Crippen LogP contribution in [0.3, 0.4) is 0 Å². The van der Waals surface area contributed by atoms with Crippen LogP contribution >= 0.6 is 11.3 Å². The first-order chi connectivity index (χ1) is 16.8. The molecule has 2 aromatic carbocycles. The summed E-state index contributed by atoms with van der Waals surface area (Å²) in [5.74, 6) is 0.527. The Balaban J connectivity index is 1.42. The van der Waals surface area contributed by atoms with Gasteiger partial charge in [0.2, 0.25) is 0 Å². The molecular weight excluding hydrogens is 458 g/mol. The molecule has 1 amide bonds. The molecule has 1 aliphatic rings. The molecule has 1 heterocycles. The molecule has 0 radical (unpaired) electrons.